The molecule has 0 aliphatic carbocycles. The molecule has 1 atom stereocenters. The highest BCUT2D eigenvalue weighted by atomic mass is 16.5. The topological polar surface area (TPSA) is 30.5 Å². The Bertz CT molecular complexity index is 443. The summed E-state index contributed by atoms with van der Waals surface area (Å²) in [7, 11) is 3.36. The average molecular weight is 263 g/mol. The Hall–Kier alpha value is -1.22. The van der Waals surface area contributed by atoms with Crippen LogP contribution in [0.25, 0.3) is 0 Å². The molecule has 2 rings (SSSR count). The van der Waals surface area contributed by atoms with Gasteiger partial charge in [-0.2, -0.15) is 0 Å². The highest BCUT2D eigenvalue weighted by Crippen LogP contribution is 2.47. The maximum absolute atomic E-state index is 5.44. The molecule has 1 aliphatic heterocycles. The first kappa shape index (κ1) is 14.2. The van der Waals surface area contributed by atoms with Crippen molar-refractivity contribution in [3.8, 4) is 11.5 Å². The molecule has 1 aliphatic rings. The van der Waals surface area contributed by atoms with Gasteiger partial charge in [-0.05, 0) is 42.5 Å². The van der Waals surface area contributed by atoms with Crippen LogP contribution >= 0.6 is 0 Å². The van der Waals surface area contributed by atoms with Crippen molar-refractivity contribution in [2.75, 3.05) is 20.8 Å². The summed E-state index contributed by atoms with van der Waals surface area (Å²) < 4.78 is 10.8. The molecule has 0 spiro atoms. The molecular formula is C16H25NO2. The Morgan fingerprint density at radius 1 is 1.11 bits per heavy atom. The van der Waals surface area contributed by atoms with E-state index in [0.717, 1.165) is 24.5 Å². The number of benzene rings is 1. The van der Waals surface area contributed by atoms with Crippen LogP contribution in [-0.4, -0.2) is 20.8 Å². The van der Waals surface area contributed by atoms with E-state index in [0.29, 0.717) is 0 Å². The van der Waals surface area contributed by atoms with Crippen LogP contribution in [0.5, 0.6) is 11.5 Å². The first-order chi connectivity index (χ1) is 8.94. The molecule has 1 aromatic rings. The van der Waals surface area contributed by atoms with E-state index in [9.17, 15) is 0 Å². The third-order valence-electron chi connectivity index (χ3n) is 4.31. The lowest BCUT2D eigenvalue weighted by Gasteiger charge is -2.43. The van der Waals surface area contributed by atoms with Crippen LogP contribution in [0.4, 0.5) is 0 Å². The van der Waals surface area contributed by atoms with Gasteiger partial charge >= 0.3 is 0 Å². The molecule has 0 aromatic heterocycles. The molecule has 106 valence electrons. The second-order valence-electron chi connectivity index (χ2n) is 6.26. The van der Waals surface area contributed by atoms with Crippen LogP contribution in [0, 0.1) is 5.41 Å². The largest absolute Gasteiger partial charge is 0.493 e. The van der Waals surface area contributed by atoms with Crippen molar-refractivity contribution in [1.29, 1.82) is 0 Å². The maximum Gasteiger partial charge on any atom is 0.161 e. The van der Waals surface area contributed by atoms with E-state index in [4.69, 9.17) is 9.47 Å². The summed E-state index contributed by atoms with van der Waals surface area (Å²) in [6.07, 6.45) is 2.37. The highest BCUT2D eigenvalue weighted by Gasteiger charge is 2.45. The Morgan fingerprint density at radius 2 is 1.79 bits per heavy atom. The summed E-state index contributed by atoms with van der Waals surface area (Å²) in [4.78, 5) is 0. The lowest BCUT2D eigenvalue weighted by molar-refractivity contribution is 0.160. The second kappa shape index (κ2) is 5.04. The van der Waals surface area contributed by atoms with Crippen LogP contribution < -0.4 is 14.8 Å². The van der Waals surface area contributed by atoms with Gasteiger partial charge in [-0.3, -0.25) is 0 Å². The number of rotatable bonds is 3. The zero-order chi connectivity index (χ0) is 14.1. The minimum atomic E-state index is 0.0204. The van der Waals surface area contributed by atoms with Gasteiger partial charge < -0.3 is 14.8 Å². The predicted octanol–water partition coefficient (Wildman–Crippen LogP) is 3.33. The number of hydrogen-bond acceptors (Lipinski definition) is 3. The van der Waals surface area contributed by atoms with Gasteiger partial charge in [-0.25, -0.2) is 0 Å². The summed E-state index contributed by atoms with van der Waals surface area (Å²) in [5.74, 6) is 1.59. The molecule has 1 saturated heterocycles. The summed E-state index contributed by atoms with van der Waals surface area (Å²) in [6, 6.07) is 6.27. The summed E-state index contributed by atoms with van der Waals surface area (Å²) in [5.41, 5.74) is 1.46. The van der Waals surface area contributed by atoms with E-state index in [1.165, 1.54) is 12.0 Å². The Labute approximate surface area is 116 Å². The molecule has 3 heteroatoms. The minimum Gasteiger partial charge on any atom is -0.493 e. The number of nitrogens with one attached hydrogen (secondary N) is 1. The van der Waals surface area contributed by atoms with Gasteiger partial charge in [0.15, 0.2) is 11.5 Å². The zero-order valence-electron chi connectivity index (χ0n) is 12.7. The Balaban J connectivity index is 2.49. The van der Waals surface area contributed by atoms with E-state index in [-0.39, 0.29) is 11.0 Å². The van der Waals surface area contributed by atoms with E-state index in [1.54, 1.807) is 14.2 Å². The molecule has 1 unspecified atom stereocenters. The van der Waals surface area contributed by atoms with Gasteiger partial charge in [-0.1, -0.05) is 26.8 Å². The number of methoxy groups -OCH3 is 2. The van der Waals surface area contributed by atoms with Crippen molar-refractivity contribution in [3.05, 3.63) is 23.8 Å². The Morgan fingerprint density at radius 3 is 2.26 bits per heavy atom. The fraction of sp³-hybridized carbons (Fsp3) is 0.625. The molecule has 0 bridgehead atoms. The van der Waals surface area contributed by atoms with Crippen LogP contribution in [0.1, 0.15) is 39.2 Å². The first-order valence-electron chi connectivity index (χ1n) is 6.92. The monoisotopic (exact) mass is 263 g/mol. The van der Waals surface area contributed by atoms with Crippen LogP contribution in [0.15, 0.2) is 18.2 Å². The molecule has 0 saturated carbocycles. The number of ether oxygens (including phenoxy) is 2. The summed E-state index contributed by atoms with van der Waals surface area (Å²) in [5, 5.41) is 3.72. The second-order valence-corrected chi connectivity index (χ2v) is 6.26. The van der Waals surface area contributed by atoms with E-state index >= 15 is 0 Å². The molecule has 3 nitrogen and oxygen atoms in total. The van der Waals surface area contributed by atoms with Crippen molar-refractivity contribution < 1.29 is 9.47 Å². The van der Waals surface area contributed by atoms with Crippen molar-refractivity contribution in [2.45, 2.75) is 39.2 Å². The van der Waals surface area contributed by atoms with Gasteiger partial charge in [0.2, 0.25) is 0 Å². The Kier molecular flexibility index (Phi) is 3.77. The molecule has 1 heterocycles. The number of hydrogen-bond donors (Lipinski definition) is 1. The van der Waals surface area contributed by atoms with Gasteiger partial charge in [0, 0.05) is 5.54 Å². The third-order valence-corrected chi connectivity index (χ3v) is 4.31. The molecule has 0 amide bonds. The van der Waals surface area contributed by atoms with E-state index in [1.807, 2.05) is 6.07 Å². The van der Waals surface area contributed by atoms with Crippen LogP contribution in [0.3, 0.4) is 0 Å². The predicted molar refractivity (Wildman–Crippen MR) is 77.9 cm³/mol. The average Bonchev–Trinajstić information content (AvgIpc) is 2.88. The van der Waals surface area contributed by atoms with E-state index < -0.39 is 0 Å². The van der Waals surface area contributed by atoms with Crippen molar-refractivity contribution in [3.63, 3.8) is 0 Å². The van der Waals surface area contributed by atoms with Crippen LogP contribution in [0.2, 0.25) is 0 Å². The van der Waals surface area contributed by atoms with Crippen LogP contribution in [-0.2, 0) is 5.54 Å². The van der Waals surface area contributed by atoms with Gasteiger partial charge in [0.1, 0.15) is 0 Å². The van der Waals surface area contributed by atoms with E-state index in [2.05, 4.69) is 38.2 Å². The standard InChI is InChI=1S/C16H25NO2/c1-15(2,3)16(9-6-10-17-16)12-7-8-13(18-4)14(11-12)19-5/h7-8,11,17H,6,9-10H2,1-5H3. The summed E-state index contributed by atoms with van der Waals surface area (Å²) in [6.45, 7) is 7.96. The lowest BCUT2D eigenvalue weighted by Crippen LogP contribution is -2.48. The molecule has 1 N–H and O–H groups in total. The quantitative estimate of drug-likeness (QED) is 0.907. The fourth-order valence-electron chi connectivity index (χ4n) is 3.16. The molecule has 1 fully saturated rings. The minimum absolute atomic E-state index is 0.0204. The lowest BCUT2D eigenvalue weighted by atomic mass is 9.68. The molecule has 0 radical (unpaired) electrons. The third kappa shape index (κ3) is 2.32. The normalized spacial score (nSPS) is 23.4. The highest BCUT2D eigenvalue weighted by molar-refractivity contribution is 5.46. The molecular weight excluding hydrogens is 238 g/mol. The first-order valence-corrected chi connectivity index (χ1v) is 6.92. The van der Waals surface area contributed by atoms with Crippen molar-refractivity contribution in [2.24, 2.45) is 5.41 Å². The van der Waals surface area contributed by atoms with Gasteiger partial charge in [0.25, 0.3) is 0 Å². The molecule has 1 aromatic carbocycles. The van der Waals surface area contributed by atoms with Crippen molar-refractivity contribution in [1.82, 2.24) is 5.32 Å². The summed E-state index contributed by atoms with van der Waals surface area (Å²) >= 11 is 0. The molecule has 19 heavy (non-hydrogen) atoms. The van der Waals surface area contributed by atoms with Crippen molar-refractivity contribution >= 4 is 0 Å². The maximum atomic E-state index is 5.44. The van der Waals surface area contributed by atoms with Gasteiger partial charge in [-0.15, -0.1) is 0 Å². The van der Waals surface area contributed by atoms with Gasteiger partial charge in [0.05, 0.1) is 14.2 Å². The smallest absolute Gasteiger partial charge is 0.161 e. The SMILES string of the molecule is COc1ccc(C2(C(C)(C)C)CCCN2)cc1OC. The fourth-order valence-corrected chi connectivity index (χ4v) is 3.16. The zero-order valence-corrected chi connectivity index (χ0v) is 12.7.